The van der Waals surface area contributed by atoms with Crippen LogP contribution in [0.1, 0.15) is 11.1 Å². The summed E-state index contributed by atoms with van der Waals surface area (Å²) in [5.41, 5.74) is 2.13. The second kappa shape index (κ2) is 8.52. The van der Waals surface area contributed by atoms with Crippen LogP contribution in [0.4, 0.5) is 5.69 Å². The molecule has 0 atom stereocenters. The van der Waals surface area contributed by atoms with E-state index >= 15 is 0 Å². The van der Waals surface area contributed by atoms with Crippen molar-refractivity contribution >= 4 is 46.8 Å². The van der Waals surface area contributed by atoms with Gasteiger partial charge in [0, 0.05) is 21.8 Å². The summed E-state index contributed by atoms with van der Waals surface area (Å²) in [5, 5.41) is 3.77. The topological polar surface area (TPSA) is 55.4 Å². The Morgan fingerprint density at radius 3 is 2.62 bits per heavy atom. The molecule has 0 aliphatic heterocycles. The first kappa shape index (κ1) is 18.0. The zero-order chi connectivity index (χ0) is 17.5. The van der Waals surface area contributed by atoms with Gasteiger partial charge in [-0.05, 0) is 48.4 Å². The van der Waals surface area contributed by atoms with E-state index in [2.05, 4.69) is 5.32 Å². The van der Waals surface area contributed by atoms with Crippen molar-refractivity contribution in [3.05, 3.63) is 69.7 Å². The van der Waals surface area contributed by atoms with Gasteiger partial charge in [0.25, 0.3) is 5.91 Å². The number of carbonyl (C=O) groups is 2. The number of anilines is 1. The van der Waals surface area contributed by atoms with E-state index in [0.29, 0.717) is 21.3 Å². The van der Waals surface area contributed by atoms with Gasteiger partial charge in [-0.1, -0.05) is 41.4 Å². The monoisotopic (exact) mass is 363 g/mol. The molecule has 0 saturated heterocycles. The fourth-order valence-corrected chi connectivity index (χ4v) is 2.33. The van der Waals surface area contributed by atoms with Gasteiger partial charge in [-0.25, -0.2) is 4.79 Å². The van der Waals surface area contributed by atoms with Crippen molar-refractivity contribution in [2.75, 3.05) is 11.9 Å². The number of benzene rings is 2. The summed E-state index contributed by atoms with van der Waals surface area (Å²) in [6, 6.07) is 12.2. The molecule has 2 rings (SSSR count). The molecule has 2 aromatic rings. The summed E-state index contributed by atoms with van der Waals surface area (Å²) >= 11 is 11.8. The van der Waals surface area contributed by atoms with Gasteiger partial charge < -0.3 is 10.1 Å². The fraction of sp³-hybridized carbons (Fsp3) is 0.111. The van der Waals surface area contributed by atoms with Crippen molar-refractivity contribution in [3.8, 4) is 0 Å². The molecule has 2 aromatic carbocycles. The van der Waals surface area contributed by atoms with E-state index in [1.54, 1.807) is 42.5 Å². The molecule has 0 aromatic heterocycles. The van der Waals surface area contributed by atoms with Crippen LogP contribution in [-0.2, 0) is 14.3 Å². The summed E-state index contributed by atoms with van der Waals surface area (Å²) in [5.74, 6) is -1.06. The lowest BCUT2D eigenvalue weighted by Crippen LogP contribution is -2.20. The minimum Gasteiger partial charge on any atom is -0.452 e. The van der Waals surface area contributed by atoms with Gasteiger partial charge in [0.1, 0.15) is 0 Å². The Bertz CT molecular complexity index is 788. The maximum atomic E-state index is 11.8. The number of ether oxygens (including phenoxy) is 1. The van der Waals surface area contributed by atoms with Gasteiger partial charge in [0.15, 0.2) is 6.61 Å². The van der Waals surface area contributed by atoms with Crippen molar-refractivity contribution < 1.29 is 14.3 Å². The molecule has 0 unspecified atom stereocenters. The molecule has 1 N–H and O–H groups in total. The van der Waals surface area contributed by atoms with Crippen LogP contribution in [0.3, 0.4) is 0 Å². The summed E-state index contributed by atoms with van der Waals surface area (Å²) < 4.78 is 4.89. The Hall–Kier alpha value is -2.30. The summed E-state index contributed by atoms with van der Waals surface area (Å²) in [6.07, 6.45) is 2.76. The van der Waals surface area contributed by atoms with Gasteiger partial charge in [-0.15, -0.1) is 0 Å². The molecule has 1 amide bonds. The lowest BCUT2D eigenvalue weighted by atomic mass is 10.2. The van der Waals surface area contributed by atoms with Crippen molar-refractivity contribution in [1.29, 1.82) is 0 Å². The molecule has 0 saturated carbocycles. The molecular formula is C18H15Cl2NO3. The highest BCUT2D eigenvalue weighted by atomic mass is 35.5. The Kier molecular flexibility index (Phi) is 6.41. The molecule has 124 valence electrons. The van der Waals surface area contributed by atoms with Gasteiger partial charge in [0.05, 0.1) is 0 Å². The first-order valence-corrected chi connectivity index (χ1v) is 7.86. The standard InChI is InChI=1S/C18H15Cl2NO3/c1-12-10-14(19)7-8-16(12)21-17(22)11-24-18(23)9-6-13-4-2-3-5-15(13)20/h2-10H,11H2,1H3,(H,21,22)/b9-6+. The highest BCUT2D eigenvalue weighted by Gasteiger charge is 2.08. The highest BCUT2D eigenvalue weighted by molar-refractivity contribution is 6.32. The van der Waals surface area contributed by atoms with E-state index in [-0.39, 0.29) is 6.61 Å². The Morgan fingerprint density at radius 2 is 1.92 bits per heavy atom. The smallest absolute Gasteiger partial charge is 0.331 e. The molecule has 0 aliphatic rings. The number of carbonyl (C=O) groups excluding carboxylic acids is 2. The van der Waals surface area contributed by atoms with Crippen molar-refractivity contribution in [3.63, 3.8) is 0 Å². The van der Waals surface area contributed by atoms with Crippen molar-refractivity contribution in [2.45, 2.75) is 6.92 Å². The third kappa shape index (κ3) is 5.41. The fourth-order valence-electron chi connectivity index (χ4n) is 1.91. The second-order valence-corrected chi connectivity index (χ2v) is 5.81. The van der Waals surface area contributed by atoms with Crippen LogP contribution in [0.5, 0.6) is 0 Å². The average Bonchev–Trinajstić information content (AvgIpc) is 2.55. The summed E-state index contributed by atoms with van der Waals surface area (Å²) in [4.78, 5) is 23.5. The van der Waals surface area contributed by atoms with Crippen LogP contribution >= 0.6 is 23.2 Å². The molecule has 0 aliphatic carbocycles. The molecule has 6 heteroatoms. The van der Waals surface area contributed by atoms with Gasteiger partial charge in [-0.2, -0.15) is 0 Å². The SMILES string of the molecule is Cc1cc(Cl)ccc1NC(=O)COC(=O)/C=C/c1ccccc1Cl. The molecule has 0 fully saturated rings. The second-order valence-electron chi connectivity index (χ2n) is 4.97. The summed E-state index contributed by atoms with van der Waals surface area (Å²) in [6.45, 7) is 1.44. The lowest BCUT2D eigenvalue weighted by Gasteiger charge is -2.08. The van der Waals surface area contributed by atoms with E-state index < -0.39 is 11.9 Å². The number of rotatable bonds is 5. The number of halogens is 2. The first-order chi connectivity index (χ1) is 11.5. The van der Waals surface area contributed by atoms with Crippen LogP contribution < -0.4 is 5.32 Å². The number of nitrogens with one attached hydrogen (secondary N) is 1. The largest absolute Gasteiger partial charge is 0.452 e. The normalized spacial score (nSPS) is 10.6. The number of hydrogen-bond donors (Lipinski definition) is 1. The Morgan fingerprint density at radius 1 is 1.17 bits per heavy atom. The molecule has 0 spiro atoms. The van der Waals surface area contributed by atoms with Crippen LogP contribution in [0.15, 0.2) is 48.5 Å². The van der Waals surface area contributed by atoms with Gasteiger partial charge in [0.2, 0.25) is 0 Å². The zero-order valence-electron chi connectivity index (χ0n) is 12.9. The van der Waals surface area contributed by atoms with Crippen LogP contribution in [0.2, 0.25) is 10.0 Å². The number of aryl methyl sites for hydroxylation is 1. The highest BCUT2D eigenvalue weighted by Crippen LogP contribution is 2.19. The van der Waals surface area contributed by atoms with Crippen molar-refractivity contribution in [1.82, 2.24) is 0 Å². The minimum atomic E-state index is -0.627. The van der Waals surface area contributed by atoms with Crippen LogP contribution in [-0.4, -0.2) is 18.5 Å². The molecule has 0 radical (unpaired) electrons. The quantitative estimate of drug-likeness (QED) is 0.628. The Balaban J connectivity index is 1.85. The van der Waals surface area contributed by atoms with Gasteiger partial charge >= 0.3 is 5.97 Å². The molecule has 0 heterocycles. The third-order valence-electron chi connectivity index (χ3n) is 3.11. The minimum absolute atomic E-state index is 0.381. The van der Waals surface area contributed by atoms with E-state index in [1.807, 2.05) is 6.92 Å². The first-order valence-electron chi connectivity index (χ1n) is 7.11. The number of hydrogen-bond acceptors (Lipinski definition) is 3. The van der Waals surface area contributed by atoms with Crippen LogP contribution in [0.25, 0.3) is 6.08 Å². The molecule has 4 nitrogen and oxygen atoms in total. The van der Waals surface area contributed by atoms with Crippen molar-refractivity contribution in [2.24, 2.45) is 0 Å². The molecule has 0 bridgehead atoms. The zero-order valence-corrected chi connectivity index (χ0v) is 14.4. The van der Waals surface area contributed by atoms with E-state index in [4.69, 9.17) is 27.9 Å². The summed E-state index contributed by atoms with van der Waals surface area (Å²) in [7, 11) is 0. The Labute approximate surface area is 150 Å². The number of esters is 1. The third-order valence-corrected chi connectivity index (χ3v) is 3.69. The maximum absolute atomic E-state index is 11.8. The van der Waals surface area contributed by atoms with Gasteiger partial charge in [-0.3, -0.25) is 4.79 Å². The average molecular weight is 364 g/mol. The number of amides is 1. The maximum Gasteiger partial charge on any atom is 0.331 e. The lowest BCUT2D eigenvalue weighted by molar-refractivity contribution is -0.142. The predicted molar refractivity (Wildman–Crippen MR) is 96.3 cm³/mol. The predicted octanol–water partition coefficient (Wildman–Crippen LogP) is 4.50. The molecular weight excluding hydrogens is 349 g/mol. The van der Waals surface area contributed by atoms with E-state index in [1.165, 1.54) is 12.2 Å². The van der Waals surface area contributed by atoms with Crippen LogP contribution in [0, 0.1) is 6.92 Å². The molecule has 24 heavy (non-hydrogen) atoms. The van der Waals surface area contributed by atoms with E-state index in [0.717, 1.165) is 5.56 Å². The van der Waals surface area contributed by atoms with E-state index in [9.17, 15) is 9.59 Å².